The Morgan fingerprint density at radius 3 is 2.44 bits per heavy atom. The fourth-order valence-corrected chi connectivity index (χ4v) is 3.25. The standard InChI is InChI=1S/C16H22F3N5O/c17-16(18,19)12-10-21-15(22-11-12)24-8-6-23(7-9-24)14(25)4-3-13-2-1-5-20-13/h10-11,13,20H,1-9H2/t13-/m0/s1. The third kappa shape index (κ3) is 4.59. The van der Waals surface area contributed by atoms with E-state index in [9.17, 15) is 18.0 Å². The van der Waals surface area contributed by atoms with Gasteiger partial charge in [0.25, 0.3) is 0 Å². The summed E-state index contributed by atoms with van der Waals surface area (Å²) in [6.07, 6.45) is 0.868. The summed E-state index contributed by atoms with van der Waals surface area (Å²) in [6, 6.07) is 0.450. The molecule has 0 saturated carbocycles. The number of carbonyl (C=O) groups is 1. The first kappa shape index (κ1) is 17.9. The summed E-state index contributed by atoms with van der Waals surface area (Å²) in [5.41, 5.74) is -0.856. The molecule has 2 aliphatic rings. The number of anilines is 1. The molecule has 2 aliphatic heterocycles. The van der Waals surface area contributed by atoms with Gasteiger partial charge in [-0.15, -0.1) is 0 Å². The van der Waals surface area contributed by atoms with Gasteiger partial charge in [-0.25, -0.2) is 9.97 Å². The van der Waals surface area contributed by atoms with Gasteiger partial charge in [-0.3, -0.25) is 4.79 Å². The number of aromatic nitrogens is 2. The molecule has 9 heteroatoms. The lowest BCUT2D eigenvalue weighted by Crippen LogP contribution is -2.49. The Balaban J connectivity index is 1.47. The summed E-state index contributed by atoms with van der Waals surface area (Å²) in [4.78, 5) is 23.5. The molecule has 25 heavy (non-hydrogen) atoms. The number of carbonyl (C=O) groups excluding carboxylic acids is 1. The van der Waals surface area contributed by atoms with Crippen molar-refractivity contribution in [2.75, 3.05) is 37.6 Å². The Morgan fingerprint density at radius 1 is 1.20 bits per heavy atom. The van der Waals surface area contributed by atoms with Crippen LogP contribution in [0.1, 0.15) is 31.2 Å². The third-order valence-corrected chi connectivity index (χ3v) is 4.75. The van der Waals surface area contributed by atoms with Crippen molar-refractivity contribution in [1.29, 1.82) is 0 Å². The van der Waals surface area contributed by atoms with Crippen molar-refractivity contribution in [3.8, 4) is 0 Å². The van der Waals surface area contributed by atoms with Gasteiger partial charge in [0.05, 0.1) is 5.56 Å². The van der Waals surface area contributed by atoms with Crippen molar-refractivity contribution in [2.45, 2.75) is 37.9 Å². The molecule has 1 aromatic heterocycles. The predicted molar refractivity (Wildman–Crippen MR) is 86.1 cm³/mol. The van der Waals surface area contributed by atoms with Crippen LogP contribution >= 0.6 is 0 Å². The van der Waals surface area contributed by atoms with Crippen molar-refractivity contribution in [2.24, 2.45) is 0 Å². The summed E-state index contributed by atoms with van der Waals surface area (Å²) < 4.78 is 37.6. The Hall–Kier alpha value is -1.90. The zero-order valence-corrected chi connectivity index (χ0v) is 13.9. The van der Waals surface area contributed by atoms with Crippen LogP contribution in [0, 0.1) is 0 Å². The second-order valence-corrected chi connectivity index (χ2v) is 6.47. The van der Waals surface area contributed by atoms with Crippen LogP contribution in [0.3, 0.4) is 0 Å². The number of nitrogens with zero attached hydrogens (tertiary/aromatic N) is 4. The summed E-state index contributed by atoms with van der Waals surface area (Å²) in [5, 5.41) is 3.38. The van der Waals surface area contributed by atoms with Gasteiger partial charge in [0.1, 0.15) is 0 Å². The van der Waals surface area contributed by atoms with Gasteiger partial charge < -0.3 is 15.1 Å². The molecule has 0 bridgehead atoms. The van der Waals surface area contributed by atoms with Crippen LogP contribution in [0.15, 0.2) is 12.4 Å². The molecule has 0 unspecified atom stereocenters. The van der Waals surface area contributed by atoms with E-state index in [0.29, 0.717) is 38.6 Å². The quantitative estimate of drug-likeness (QED) is 0.888. The number of nitrogens with one attached hydrogen (secondary N) is 1. The number of piperazine rings is 1. The molecule has 1 aromatic rings. The average Bonchev–Trinajstić information content (AvgIpc) is 3.13. The first-order valence-electron chi connectivity index (χ1n) is 8.59. The van der Waals surface area contributed by atoms with Crippen molar-refractivity contribution < 1.29 is 18.0 Å². The monoisotopic (exact) mass is 357 g/mol. The predicted octanol–water partition coefficient (Wildman–Crippen LogP) is 1.68. The van der Waals surface area contributed by atoms with E-state index in [-0.39, 0.29) is 11.9 Å². The number of alkyl halides is 3. The Bertz CT molecular complexity index is 578. The van der Waals surface area contributed by atoms with Gasteiger partial charge in [0.2, 0.25) is 11.9 Å². The molecule has 2 fully saturated rings. The minimum absolute atomic E-state index is 0.140. The van der Waals surface area contributed by atoms with Crippen LogP contribution in [0.25, 0.3) is 0 Å². The Kier molecular flexibility index (Phi) is 5.41. The fourth-order valence-electron chi connectivity index (χ4n) is 3.25. The molecule has 6 nitrogen and oxygen atoms in total. The number of halogens is 3. The molecular formula is C16H22F3N5O. The van der Waals surface area contributed by atoms with Crippen molar-refractivity contribution in [3.63, 3.8) is 0 Å². The largest absolute Gasteiger partial charge is 0.419 e. The lowest BCUT2D eigenvalue weighted by Gasteiger charge is -2.35. The first-order valence-corrected chi connectivity index (χ1v) is 8.59. The van der Waals surface area contributed by atoms with Gasteiger partial charge in [-0.1, -0.05) is 0 Å². The normalized spacial score (nSPS) is 21.6. The van der Waals surface area contributed by atoms with Gasteiger partial charge in [-0.2, -0.15) is 13.2 Å². The summed E-state index contributed by atoms with van der Waals surface area (Å²) >= 11 is 0. The molecule has 3 heterocycles. The van der Waals surface area contributed by atoms with Crippen LogP contribution in [-0.2, 0) is 11.0 Å². The minimum atomic E-state index is -4.43. The van der Waals surface area contributed by atoms with E-state index in [4.69, 9.17) is 0 Å². The van der Waals surface area contributed by atoms with Crippen LogP contribution in [0.2, 0.25) is 0 Å². The van der Waals surface area contributed by atoms with Crippen LogP contribution in [0.4, 0.5) is 19.1 Å². The first-order chi connectivity index (χ1) is 11.9. The highest BCUT2D eigenvalue weighted by molar-refractivity contribution is 5.76. The zero-order valence-electron chi connectivity index (χ0n) is 13.9. The van der Waals surface area contributed by atoms with Gasteiger partial charge in [0, 0.05) is 51.0 Å². The van der Waals surface area contributed by atoms with Gasteiger partial charge >= 0.3 is 6.18 Å². The fraction of sp³-hybridized carbons (Fsp3) is 0.688. The molecule has 2 saturated heterocycles. The number of hydrogen-bond donors (Lipinski definition) is 1. The molecule has 1 N–H and O–H groups in total. The van der Waals surface area contributed by atoms with Gasteiger partial charge in [-0.05, 0) is 25.8 Å². The minimum Gasteiger partial charge on any atom is -0.339 e. The maximum absolute atomic E-state index is 12.5. The molecule has 1 atom stereocenters. The zero-order chi connectivity index (χ0) is 17.9. The van der Waals surface area contributed by atoms with Crippen LogP contribution in [-0.4, -0.2) is 59.5 Å². The Labute approximate surface area is 144 Å². The molecular weight excluding hydrogens is 335 g/mol. The molecule has 0 aromatic carbocycles. The maximum atomic E-state index is 12.5. The van der Waals surface area contributed by atoms with E-state index in [0.717, 1.165) is 31.8 Å². The van der Waals surface area contributed by atoms with Crippen LogP contribution < -0.4 is 10.2 Å². The number of rotatable bonds is 4. The summed E-state index contributed by atoms with van der Waals surface area (Å²) in [6.45, 7) is 3.17. The summed E-state index contributed by atoms with van der Waals surface area (Å²) in [7, 11) is 0. The Morgan fingerprint density at radius 2 is 1.88 bits per heavy atom. The molecule has 0 radical (unpaired) electrons. The SMILES string of the molecule is O=C(CC[C@@H]1CCCN1)N1CCN(c2ncc(C(F)(F)F)cn2)CC1. The molecule has 1 amide bonds. The second-order valence-electron chi connectivity index (χ2n) is 6.47. The van der Waals surface area contributed by atoms with Crippen molar-refractivity contribution >= 4 is 11.9 Å². The van der Waals surface area contributed by atoms with E-state index >= 15 is 0 Å². The lowest BCUT2D eigenvalue weighted by atomic mass is 10.1. The topological polar surface area (TPSA) is 61.4 Å². The smallest absolute Gasteiger partial charge is 0.339 e. The van der Waals surface area contributed by atoms with E-state index in [1.54, 1.807) is 0 Å². The van der Waals surface area contributed by atoms with E-state index < -0.39 is 11.7 Å². The number of amides is 1. The van der Waals surface area contributed by atoms with Crippen molar-refractivity contribution in [3.05, 3.63) is 18.0 Å². The van der Waals surface area contributed by atoms with Crippen LogP contribution in [0.5, 0.6) is 0 Å². The van der Waals surface area contributed by atoms with Gasteiger partial charge in [0.15, 0.2) is 0 Å². The lowest BCUT2D eigenvalue weighted by molar-refractivity contribution is -0.138. The average molecular weight is 357 g/mol. The highest BCUT2D eigenvalue weighted by Gasteiger charge is 2.32. The highest BCUT2D eigenvalue weighted by Crippen LogP contribution is 2.28. The third-order valence-electron chi connectivity index (χ3n) is 4.75. The van der Waals surface area contributed by atoms with E-state index in [2.05, 4.69) is 15.3 Å². The van der Waals surface area contributed by atoms with Crippen molar-refractivity contribution in [1.82, 2.24) is 20.2 Å². The molecule has 3 rings (SSSR count). The summed E-state index contributed by atoms with van der Waals surface area (Å²) in [5.74, 6) is 0.414. The molecule has 0 spiro atoms. The second kappa shape index (κ2) is 7.55. The highest BCUT2D eigenvalue weighted by atomic mass is 19.4. The number of hydrogen-bond acceptors (Lipinski definition) is 5. The molecule has 138 valence electrons. The molecule has 0 aliphatic carbocycles. The van der Waals surface area contributed by atoms with E-state index in [1.807, 2.05) is 9.80 Å². The van der Waals surface area contributed by atoms with E-state index in [1.165, 1.54) is 6.42 Å². The maximum Gasteiger partial charge on any atom is 0.419 e.